The van der Waals surface area contributed by atoms with Gasteiger partial charge in [-0.25, -0.2) is 0 Å². The number of ether oxygens (including phenoxy) is 1. The van der Waals surface area contributed by atoms with Crippen LogP contribution in [0.1, 0.15) is 32.8 Å². The van der Waals surface area contributed by atoms with Gasteiger partial charge >= 0.3 is 0 Å². The van der Waals surface area contributed by atoms with Gasteiger partial charge in [-0.1, -0.05) is 75.4 Å². The van der Waals surface area contributed by atoms with E-state index in [2.05, 4.69) is 26.6 Å². The van der Waals surface area contributed by atoms with Crippen molar-refractivity contribution in [1.29, 1.82) is 0 Å². The molecular weight excluding hydrogens is 630 g/mol. The Kier molecular flexibility index (Phi) is 13.2. The van der Waals surface area contributed by atoms with Crippen molar-refractivity contribution in [3.8, 4) is 11.1 Å². The van der Waals surface area contributed by atoms with E-state index >= 15 is 0 Å². The average Bonchev–Trinajstić information content (AvgIpc) is 3.47. The Labute approximate surface area is 286 Å². The number of hydrogen-bond acceptors (Lipinski definition) is 9. The quantitative estimate of drug-likeness (QED) is 0.213. The Morgan fingerprint density at radius 1 is 0.837 bits per heavy atom. The van der Waals surface area contributed by atoms with Crippen LogP contribution < -0.4 is 32.3 Å². The minimum absolute atomic E-state index is 0.00661. The Morgan fingerprint density at radius 3 is 2.16 bits per heavy atom. The van der Waals surface area contributed by atoms with Gasteiger partial charge in [-0.15, -0.1) is 0 Å². The van der Waals surface area contributed by atoms with Gasteiger partial charge in [-0.05, 0) is 22.1 Å². The van der Waals surface area contributed by atoms with E-state index < -0.39 is 59.3 Å². The number of benzene rings is 2. The fraction of sp³-hybridized carbons (Fsp3) is 0.514. The summed E-state index contributed by atoms with van der Waals surface area (Å²) in [6.07, 6.45) is -0.853. The molecule has 4 rings (SSSR count). The van der Waals surface area contributed by atoms with Crippen molar-refractivity contribution in [3.63, 3.8) is 0 Å². The zero-order valence-corrected chi connectivity index (χ0v) is 28.4. The Balaban J connectivity index is 1.59. The van der Waals surface area contributed by atoms with Gasteiger partial charge in [0.2, 0.25) is 29.5 Å². The lowest BCUT2D eigenvalue weighted by atomic mass is 9.85. The molecule has 14 heteroatoms. The molecule has 0 saturated carbocycles. The second kappa shape index (κ2) is 17.3. The van der Waals surface area contributed by atoms with Crippen LogP contribution in [0.25, 0.3) is 11.1 Å². The van der Waals surface area contributed by atoms with E-state index in [4.69, 9.17) is 10.5 Å². The van der Waals surface area contributed by atoms with Gasteiger partial charge in [-0.3, -0.25) is 24.0 Å². The van der Waals surface area contributed by atoms with Crippen LogP contribution in [0.5, 0.6) is 0 Å². The zero-order chi connectivity index (χ0) is 35.6. The Bertz CT molecular complexity index is 1450. The highest BCUT2D eigenvalue weighted by Crippen LogP contribution is 2.26. The average molecular weight is 680 g/mol. The molecule has 0 bridgehead atoms. The number of aliphatic hydroxyl groups excluding tert-OH is 1. The third-order valence-corrected chi connectivity index (χ3v) is 8.56. The van der Waals surface area contributed by atoms with Crippen molar-refractivity contribution in [3.05, 3.63) is 60.2 Å². The van der Waals surface area contributed by atoms with Gasteiger partial charge in [0.15, 0.2) is 0 Å². The molecule has 0 aromatic heterocycles. The van der Waals surface area contributed by atoms with Crippen LogP contribution in [0, 0.1) is 5.41 Å². The third kappa shape index (κ3) is 10.6. The van der Waals surface area contributed by atoms with Crippen molar-refractivity contribution in [2.45, 2.75) is 63.9 Å². The van der Waals surface area contributed by atoms with Gasteiger partial charge in [0.05, 0.1) is 18.8 Å². The molecule has 49 heavy (non-hydrogen) atoms. The first kappa shape index (κ1) is 37.4. The highest BCUT2D eigenvalue weighted by Gasteiger charge is 2.45. The van der Waals surface area contributed by atoms with E-state index in [1.54, 1.807) is 20.8 Å². The summed E-state index contributed by atoms with van der Waals surface area (Å²) in [5.74, 6) is -2.51. The molecule has 5 atom stereocenters. The molecule has 5 amide bonds. The Hall–Kier alpha value is -4.37. The van der Waals surface area contributed by atoms with Gasteiger partial charge < -0.3 is 47.1 Å². The molecule has 2 aromatic rings. The van der Waals surface area contributed by atoms with E-state index in [0.29, 0.717) is 0 Å². The predicted octanol–water partition coefficient (Wildman–Crippen LogP) is -0.947. The maximum atomic E-state index is 13.9. The molecule has 0 spiro atoms. The van der Waals surface area contributed by atoms with Crippen molar-refractivity contribution < 1.29 is 33.8 Å². The molecule has 266 valence electrons. The molecule has 2 heterocycles. The van der Waals surface area contributed by atoms with E-state index in [1.165, 1.54) is 4.90 Å². The van der Waals surface area contributed by atoms with Crippen molar-refractivity contribution in [1.82, 2.24) is 31.5 Å². The molecular formula is C35H49N7O7. The smallest absolute Gasteiger partial charge is 0.246 e. The largest absolute Gasteiger partial charge is 0.391 e. The van der Waals surface area contributed by atoms with Crippen molar-refractivity contribution in [2.24, 2.45) is 11.1 Å². The van der Waals surface area contributed by atoms with Gasteiger partial charge in [-0.2, -0.15) is 0 Å². The lowest BCUT2D eigenvalue weighted by Gasteiger charge is -2.35. The summed E-state index contributed by atoms with van der Waals surface area (Å²) in [5.41, 5.74) is 7.86. The van der Waals surface area contributed by atoms with Crippen LogP contribution in [-0.4, -0.2) is 116 Å². The summed E-state index contributed by atoms with van der Waals surface area (Å²) in [5, 5.41) is 24.7. The summed E-state index contributed by atoms with van der Waals surface area (Å²) < 4.78 is 5.43. The lowest BCUT2D eigenvalue weighted by Crippen LogP contribution is -2.59. The van der Waals surface area contributed by atoms with Crippen LogP contribution in [0.2, 0.25) is 0 Å². The fourth-order valence-electron chi connectivity index (χ4n) is 5.87. The van der Waals surface area contributed by atoms with E-state index in [1.807, 2.05) is 54.6 Å². The molecule has 2 aliphatic heterocycles. The predicted molar refractivity (Wildman–Crippen MR) is 183 cm³/mol. The topological polar surface area (TPSA) is 204 Å². The van der Waals surface area contributed by atoms with E-state index in [-0.39, 0.29) is 64.7 Å². The summed E-state index contributed by atoms with van der Waals surface area (Å²) in [4.78, 5) is 68.1. The molecule has 14 nitrogen and oxygen atoms in total. The molecule has 8 N–H and O–H groups in total. The number of hydrogen-bond donors (Lipinski definition) is 7. The first-order valence-corrected chi connectivity index (χ1v) is 16.7. The molecule has 2 saturated heterocycles. The highest BCUT2D eigenvalue weighted by atomic mass is 16.5. The van der Waals surface area contributed by atoms with Crippen LogP contribution in [0.3, 0.4) is 0 Å². The van der Waals surface area contributed by atoms with Crippen molar-refractivity contribution in [2.75, 3.05) is 45.9 Å². The van der Waals surface area contributed by atoms with Gasteiger partial charge in [0.1, 0.15) is 24.7 Å². The number of amides is 5. The molecule has 2 aromatic carbocycles. The first-order valence-electron chi connectivity index (χ1n) is 16.7. The number of fused-ring (bicyclic) bond motifs is 1. The number of aliphatic hydroxyl groups is 1. The number of rotatable bonds is 4. The summed E-state index contributed by atoms with van der Waals surface area (Å²) >= 11 is 0. The standard InChI is InChI=1S/C35H49N7O7/c1-35(2,3)30-34(48)42-20-25(43)18-28(42)33(47)40-26(17-22-9-11-24(12-10-22)23-7-5-4-6-8-23)31(45)38-14-13-37-27(19-36)32(46)39-15-16-49-21-29(44)41-30/h4-12,25-28,30,37,43H,13-21,36H2,1-3H3,(H,38,45)(H,39,46)(H,40,47)(H,41,44)/t25-,26-,27-,28+,30-/m1/s1. The number of nitrogens with zero attached hydrogens (tertiary/aromatic N) is 1. The fourth-order valence-corrected chi connectivity index (χ4v) is 5.87. The van der Waals surface area contributed by atoms with Crippen LogP contribution in [0.15, 0.2) is 54.6 Å². The summed E-state index contributed by atoms with van der Waals surface area (Å²) in [7, 11) is 0. The third-order valence-electron chi connectivity index (χ3n) is 8.56. The van der Waals surface area contributed by atoms with Crippen LogP contribution in [-0.2, 0) is 35.1 Å². The number of carbonyl (C=O) groups is 5. The van der Waals surface area contributed by atoms with Crippen LogP contribution >= 0.6 is 0 Å². The Morgan fingerprint density at radius 2 is 1.49 bits per heavy atom. The second-order valence-corrected chi connectivity index (χ2v) is 13.5. The lowest BCUT2D eigenvalue weighted by molar-refractivity contribution is -0.145. The highest BCUT2D eigenvalue weighted by molar-refractivity contribution is 5.95. The number of nitrogens with two attached hydrogens (primary N) is 1. The molecule has 0 aliphatic carbocycles. The minimum Gasteiger partial charge on any atom is -0.391 e. The number of nitrogens with one attached hydrogen (secondary N) is 5. The van der Waals surface area contributed by atoms with E-state index in [9.17, 15) is 29.1 Å². The SMILES string of the molecule is CC(C)(C)[C@@H]1NC(=O)COCCNC(=O)[C@@H](CN)NCCNC(=O)[C@@H](Cc2ccc(-c3ccccc3)cc2)NC(=O)[C@@H]2C[C@@H](O)CN2C1=O. The monoisotopic (exact) mass is 679 g/mol. The maximum absolute atomic E-state index is 13.9. The summed E-state index contributed by atoms with van der Waals surface area (Å²) in [6.45, 7) is 5.39. The normalized spacial score (nSPS) is 25.7. The molecule has 0 unspecified atom stereocenters. The molecule has 0 radical (unpaired) electrons. The second-order valence-electron chi connectivity index (χ2n) is 13.5. The first-order chi connectivity index (χ1) is 23.4. The molecule has 2 aliphatic rings. The van der Waals surface area contributed by atoms with Crippen LogP contribution in [0.4, 0.5) is 0 Å². The summed E-state index contributed by atoms with van der Waals surface area (Å²) in [6, 6.07) is 13.6. The zero-order valence-electron chi connectivity index (χ0n) is 28.4. The number of carbonyl (C=O) groups excluding carboxylic acids is 5. The van der Waals surface area contributed by atoms with E-state index in [0.717, 1.165) is 16.7 Å². The van der Waals surface area contributed by atoms with Gasteiger partial charge in [0.25, 0.3) is 0 Å². The maximum Gasteiger partial charge on any atom is 0.246 e. The van der Waals surface area contributed by atoms with Gasteiger partial charge in [0, 0.05) is 45.6 Å². The molecule has 2 fully saturated rings. The minimum atomic E-state index is -1.07. The van der Waals surface area contributed by atoms with Crippen molar-refractivity contribution >= 4 is 29.5 Å².